The molecule has 2 N–H and O–H groups in total. The molecule has 3 rings (SSSR count). The van der Waals surface area contributed by atoms with E-state index in [0.29, 0.717) is 17.8 Å². The largest absolute Gasteiger partial charge is 0.353 e. The first-order chi connectivity index (χ1) is 15.5. The minimum Gasteiger partial charge on any atom is -0.353 e. The van der Waals surface area contributed by atoms with Crippen LogP contribution in [-0.2, 0) is 9.59 Å². The van der Waals surface area contributed by atoms with E-state index < -0.39 is 0 Å². The molecule has 2 aliphatic heterocycles. The first kappa shape index (κ1) is 24.6. The summed E-state index contributed by atoms with van der Waals surface area (Å²) in [5, 5.41) is 6.03. The fraction of sp³-hybridized carbons (Fsp3) is 0.625. The predicted molar refractivity (Wildman–Crippen MR) is 130 cm³/mol. The molecule has 2 fully saturated rings. The second kappa shape index (κ2) is 12.3. The number of carbonyl (C=O) groups excluding carboxylic acids is 3. The van der Waals surface area contributed by atoms with Gasteiger partial charge in [0.25, 0.3) is 5.91 Å². The lowest BCUT2D eigenvalue weighted by atomic mass is 9.96. The molecule has 0 bridgehead atoms. The number of benzene rings is 1. The van der Waals surface area contributed by atoms with Gasteiger partial charge in [0.05, 0.1) is 12.5 Å². The highest BCUT2D eigenvalue weighted by molar-refractivity contribution is 7.99. The fourth-order valence-electron chi connectivity index (χ4n) is 4.36. The second-order valence-corrected chi connectivity index (χ2v) is 10.0. The molecule has 0 radical (unpaired) electrons. The standard InChI is InChI=1S/C24H36N4O3S/c1-3-6-18(2)25-23(30)20-8-5-10-27(16-20)17-22(29)26-21-9-4-7-19(15-21)24(31)28-11-13-32-14-12-28/h4,7,9,15,18,20H,3,5-6,8,10-14,16-17H2,1-2H3,(H,25,30)(H,26,29). The van der Waals surface area contributed by atoms with Crippen molar-refractivity contribution in [1.29, 1.82) is 0 Å². The van der Waals surface area contributed by atoms with E-state index in [1.807, 2.05) is 34.6 Å². The lowest BCUT2D eigenvalue weighted by Crippen LogP contribution is -2.47. The minimum absolute atomic E-state index is 0.0172. The monoisotopic (exact) mass is 460 g/mol. The maximum absolute atomic E-state index is 12.7. The molecule has 2 saturated heterocycles. The Morgan fingerprint density at radius 1 is 1.19 bits per heavy atom. The molecule has 0 saturated carbocycles. The number of piperidine rings is 1. The maximum Gasteiger partial charge on any atom is 0.253 e. The summed E-state index contributed by atoms with van der Waals surface area (Å²) in [5.74, 6) is 1.86. The Morgan fingerprint density at radius 3 is 2.72 bits per heavy atom. The number of nitrogens with zero attached hydrogens (tertiary/aromatic N) is 2. The van der Waals surface area contributed by atoms with Crippen LogP contribution in [0.2, 0.25) is 0 Å². The van der Waals surface area contributed by atoms with Gasteiger partial charge in [-0.05, 0) is 50.9 Å². The van der Waals surface area contributed by atoms with Crippen LogP contribution < -0.4 is 10.6 Å². The first-order valence-corrected chi connectivity index (χ1v) is 12.9. The number of thioether (sulfide) groups is 1. The van der Waals surface area contributed by atoms with Crippen molar-refractivity contribution in [3.8, 4) is 0 Å². The average Bonchev–Trinajstić information content (AvgIpc) is 2.79. The van der Waals surface area contributed by atoms with Gasteiger partial charge < -0.3 is 15.5 Å². The van der Waals surface area contributed by atoms with Gasteiger partial charge in [0, 0.05) is 48.4 Å². The van der Waals surface area contributed by atoms with E-state index >= 15 is 0 Å². The molecule has 0 spiro atoms. The van der Waals surface area contributed by atoms with Gasteiger partial charge in [0.2, 0.25) is 11.8 Å². The zero-order valence-corrected chi connectivity index (χ0v) is 20.1. The van der Waals surface area contributed by atoms with Crippen molar-refractivity contribution < 1.29 is 14.4 Å². The summed E-state index contributed by atoms with van der Waals surface area (Å²) in [6.45, 7) is 7.34. The lowest BCUT2D eigenvalue weighted by Gasteiger charge is -2.32. The van der Waals surface area contributed by atoms with Crippen molar-refractivity contribution in [2.45, 2.75) is 45.6 Å². The van der Waals surface area contributed by atoms with Crippen molar-refractivity contribution >= 4 is 35.2 Å². The van der Waals surface area contributed by atoms with Crippen LogP contribution in [0, 0.1) is 5.92 Å². The molecule has 3 amide bonds. The van der Waals surface area contributed by atoms with Gasteiger partial charge in [0.1, 0.15) is 0 Å². The molecule has 0 aromatic heterocycles. The van der Waals surface area contributed by atoms with Crippen LogP contribution in [0.5, 0.6) is 0 Å². The van der Waals surface area contributed by atoms with Gasteiger partial charge in [0.15, 0.2) is 0 Å². The number of amides is 3. The van der Waals surface area contributed by atoms with Crippen molar-refractivity contribution in [2.24, 2.45) is 5.92 Å². The molecule has 2 heterocycles. The van der Waals surface area contributed by atoms with Crippen molar-refractivity contribution in [1.82, 2.24) is 15.1 Å². The molecule has 2 atom stereocenters. The van der Waals surface area contributed by atoms with E-state index in [1.54, 1.807) is 18.2 Å². The van der Waals surface area contributed by atoms with Crippen LogP contribution >= 0.6 is 11.8 Å². The van der Waals surface area contributed by atoms with Crippen molar-refractivity contribution in [3.05, 3.63) is 29.8 Å². The molecule has 1 aromatic carbocycles. The number of hydrogen-bond donors (Lipinski definition) is 2. The Balaban J connectivity index is 1.50. The molecule has 2 aliphatic rings. The predicted octanol–water partition coefficient (Wildman–Crippen LogP) is 2.83. The Hall–Kier alpha value is -2.06. The van der Waals surface area contributed by atoms with E-state index in [0.717, 1.165) is 56.8 Å². The number of hydrogen-bond acceptors (Lipinski definition) is 5. The van der Waals surface area contributed by atoms with Crippen LogP contribution in [0.25, 0.3) is 0 Å². The Morgan fingerprint density at radius 2 is 1.97 bits per heavy atom. The number of anilines is 1. The third-order valence-electron chi connectivity index (χ3n) is 6.05. The number of carbonyl (C=O) groups is 3. The summed E-state index contributed by atoms with van der Waals surface area (Å²) >= 11 is 1.87. The molecule has 7 nitrogen and oxygen atoms in total. The SMILES string of the molecule is CCCC(C)NC(=O)C1CCCN(CC(=O)Nc2cccc(C(=O)N3CCSCC3)c2)C1. The van der Waals surface area contributed by atoms with Gasteiger partial charge >= 0.3 is 0 Å². The normalized spacial score (nSPS) is 20.4. The van der Waals surface area contributed by atoms with Crippen LogP contribution in [-0.4, -0.2) is 77.8 Å². The van der Waals surface area contributed by atoms with Crippen molar-refractivity contribution in [3.63, 3.8) is 0 Å². The molecule has 2 unspecified atom stereocenters. The highest BCUT2D eigenvalue weighted by atomic mass is 32.2. The highest BCUT2D eigenvalue weighted by Gasteiger charge is 2.27. The van der Waals surface area contributed by atoms with E-state index in [9.17, 15) is 14.4 Å². The third kappa shape index (κ3) is 7.24. The zero-order chi connectivity index (χ0) is 22.9. The van der Waals surface area contributed by atoms with Gasteiger partial charge in [-0.1, -0.05) is 19.4 Å². The topological polar surface area (TPSA) is 81.8 Å². The van der Waals surface area contributed by atoms with Crippen LogP contribution in [0.1, 0.15) is 49.9 Å². The summed E-state index contributed by atoms with van der Waals surface area (Å²) in [5.41, 5.74) is 1.23. The molecule has 8 heteroatoms. The van der Waals surface area contributed by atoms with E-state index in [2.05, 4.69) is 17.6 Å². The van der Waals surface area contributed by atoms with Gasteiger partial charge in [-0.2, -0.15) is 11.8 Å². The highest BCUT2D eigenvalue weighted by Crippen LogP contribution is 2.19. The first-order valence-electron chi connectivity index (χ1n) is 11.8. The van der Waals surface area contributed by atoms with E-state index in [-0.39, 0.29) is 36.2 Å². The maximum atomic E-state index is 12.7. The second-order valence-electron chi connectivity index (χ2n) is 8.81. The molecule has 1 aromatic rings. The number of likely N-dealkylation sites (tertiary alicyclic amines) is 1. The summed E-state index contributed by atoms with van der Waals surface area (Å²) in [7, 11) is 0. The molecule has 0 aliphatic carbocycles. The Bertz CT molecular complexity index is 797. The smallest absolute Gasteiger partial charge is 0.253 e. The Kier molecular flexibility index (Phi) is 9.41. The van der Waals surface area contributed by atoms with E-state index in [4.69, 9.17) is 0 Å². The van der Waals surface area contributed by atoms with Gasteiger partial charge in [-0.25, -0.2) is 0 Å². The molecular weight excluding hydrogens is 424 g/mol. The van der Waals surface area contributed by atoms with Crippen LogP contribution in [0.15, 0.2) is 24.3 Å². The number of nitrogens with one attached hydrogen (secondary N) is 2. The fourth-order valence-corrected chi connectivity index (χ4v) is 5.26. The third-order valence-corrected chi connectivity index (χ3v) is 6.99. The van der Waals surface area contributed by atoms with Crippen molar-refractivity contribution in [2.75, 3.05) is 49.5 Å². The zero-order valence-electron chi connectivity index (χ0n) is 19.3. The van der Waals surface area contributed by atoms with Crippen LogP contribution in [0.4, 0.5) is 5.69 Å². The van der Waals surface area contributed by atoms with Crippen LogP contribution in [0.3, 0.4) is 0 Å². The molecule has 32 heavy (non-hydrogen) atoms. The van der Waals surface area contributed by atoms with Gasteiger partial charge in [-0.15, -0.1) is 0 Å². The lowest BCUT2D eigenvalue weighted by molar-refractivity contribution is -0.128. The van der Waals surface area contributed by atoms with Gasteiger partial charge in [-0.3, -0.25) is 19.3 Å². The molecule has 176 valence electrons. The summed E-state index contributed by atoms with van der Waals surface area (Å²) in [6, 6.07) is 7.35. The summed E-state index contributed by atoms with van der Waals surface area (Å²) in [4.78, 5) is 41.9. The summed E-state index contributed by atoms with van der Waals surface area (Å²) < 4.78 is 0. The number of rotatable bonds is 8. The molecular formula is C24H36N4O3S. The quantitative estimate of drug-likeness (QED) is 0.624. The summed E-state index contributed by atoms with van der Waals surface area (Å²) in [6.07, 6.45) is 3.79. The Labute approximate surface area is 195 Å². The minimum atomic E-state index is -0.121. The van der Waals surface area contributed by atoms with E-state index in [1.165, 1.54) is 0 Å². The average molecular weight is 461 g/mol.